The molecule has 0 amide bonds. The zero-order chi connectivity index (χ0) is 19.8. The van der Waals surface area contributed by atoms with Crippen LogP contribution < -0.4 is 10.1 Å². The van der Waals surface area contributed by atoms with Crippen LogP contribution in [0.3, 0.4) is 0 Å². The van der Waals surface area contributed by atoms with Gasteiger partial charge in [0.2, 0.25) is 0 Å². The lowest BCUT2D eigenvalue weighted by molar-refractivity contribution is 0.270. The van der Waals surface area contributed by atoms with Gasteiger partial charge in [-0.25, -0.2) is 4.39 Å². The molecule has 148 valence electrons. The molecular formula is C20H30FN5O. The second kappa shape index (κ2) is 9.94. The quantitative estimate of drug-likeness (QED) is 0.569. The standard InChI is InChI=1S/C20H30FN5O/c1-6-17-15(18(7-2)26(5)24-17)14-23-20(22-3)25(4)12-13-27-19-11-9-8-10-16(19)21/h8-11H,6-7,12-14H2,1-5H3,(H,22,23). The largest absolute Gasteiger partial charge is 0.489 e. The highest BCUT2D eigenvalue weighted by Gasteiger charge is 2.15. The van der Waals surface area contributed by atoms with Gasteiger partial charge in [0.05, 0.1) is 12.2 Å². The van der Waals surface area contributed by atoms with Crippen LogP contribution in [0.25, 0.3) is 0 Å². The highest BCUT2D eigenvalue weighted by Crippen LogP contribution is 2.16. The van der Waals surface area contributed by atoms with Crippen molar-refractivity contribution in [2.75, 3.05) is 27.2 Å². The maximum absolute atomic E-state index is 13.6. The van der Waals surface area contributed by atoms with Gasteiger partial charge in [0.1, 0.15) is 6.61 Å². The molecule has 0 saturated heterocycles. The minimum atomic E-state index is -0.349. The molecule has 0 saturated carbocycles. The second-order valence-electron chi connectivity index (χ2n) is 6.30. The van der Waals surface area contributed by atoms with Crippen molar-refractivity contribution in [3.05, 3.63) is 47.0 Å². The Bertz CT molecular complexity index is 772. The van der Waals surface area contributed by atoms with Crippen molar-refractivity contribution in [3.8, 4) is 5.75 Å². The van der Waals surface area contributed by atoms with Crippen LogP contribution in [-0.2, 0) is 26.4 Å². The number of guanidine groups is 1. The molecule has 7 heteroatoms. The molecule has 0 bridgehead atoms. The van der Waals surface area contributed by atoms with Gasteiger partial charge in [-0.15, -0.1) is 0 Å². The number of aromatic nitrogens is 2. The number of nitrogens with zero attached hydrogens (tertiary/aromatic N) is 4. The van der Waals surface area contributed by atoms with Gasteiger partial charge in [-0.3, -0.25) is 9.67 Å². The first-order valence-electron chi connectivity index (χ1n) is 9.34. The van der Waals surface area contributed by atoms with E-state index in [0.29, 0.717) is 19.7 Å². The van der Waals surface area contributed by atoms with Gasteiger partial charge in [0.15, 0.2) is 17.5 Å². The van der Waals surface area contributed by atoms with Crippen LogP contribution in [-0.4, -0.2) is 47.9 Å². The van der Waals surface area contributed by atoms with Gasteiger partial charge >= 0.3 is 0 Å². The maximum atomic E-state index is 13.6. The fourth-order valence-corrected chi connectivity index (χ4v) is 3.11. The predicted molar refractivity (Wildman–Crippen MR) is 107 cm³/mol. The minimum absolute atomic E-state index is 0.268. The summed E-state index contributed by atoms with van der Waals surface area (Å²) in [6, 6.07) is 6.42. The Morgan fingerprint density at radius 2 is 2.04 bits per heavy atom. The Balaban J connectivity index is 1.92. The molecule has 0 unspecified atom stereocenters. The van der Waals surface area contributed by atoms with E-state index in [1.165, 1.54) is 17.3 Å². The van der Waals surface area contributed by atoms with Crippen molar-refractivity contribution >= 4 is 5.96 Å². The summed E-state index contributed by atoms with van der Waals surface area (Å²) in [5.74, 6) is 0.683. The van der Waals surface area contributed by atoms with Crippen molar-refractivity contribution < 1.29 is 9.13 Å². The molecule has 1 aromatic carbocycles. The Labute approximate surface area is 161 Å². The highest BCUT2D eigenvalue weighted by atomic mass is 19.1. The van der Waals surface area contributed by atoms with Crippen molar-refractivity contribution in [3.63, 3.8) is 0 Å². The molecule has 0 aliphatic rings. The van der Waals surface area contributed by atoms with Gasteiger partial charge in [0.25, 0.3) is 0 Å². The molecule has 1 heterocycles. The zero-order valence-corrected chi connectivity index (χ0v) is 16.9. The van der Waals surface area contributed by atoms with E-state index >= 15 is 0 Å². The summed E-state index contributed by atoms with van der Waals surface area (Å²) in [7, 11) is 5.68. The number of halogens is 1. The summed E-state index contributed by atoms with van der Waals surface area (Å²) in [5, 5.41) is 8.01. The SMILES string of the molecule is CCc1nn(C)c(CC)c1CNC(=NC)N(C)CCOc1ccccc1F. The molecule has 0 aliphatic carbocycles. The van der Waals surface area contributed by atoms with E-state index in [1.807, 2.05) is 23.7 Å². The van der Waals surface area contributed by atoms with E-state index < -0.39 is 0 Å². The molecule has 0 atom stereocenters. The van der Waals surface area contributed by atoms with Gasteiger partial charge in [-0.05, 0) is 25.0 Å². The lowest BCUT2D eigenvalue weighted by Crippen LogP contribution is -2.40. The van der Waals surface area contributed by atoms with Crippen LogP contribution in [0.2, 0.25) is 0 Å². The van der Waals surface area contributed by atoms with Crippen LogP contribution in [0.15, 0.2) is 29.3 Å². The summed E-state index contributed by atoms with van der Waals surface area (Å²) in [6.45, 7) is 5.88. The second-order valence-corrected chi connectivity index (χ2v) is 6.30. The lowest BCUT2D eigenvalue weighted by atomic mass is 10.1. The molecular weight excluding hydrogens is 345 g/mol. The van der Waals surface area contributed by atoms with Crippen LogP contribution in [0.4, 0.5) is 4.39 Å². The molecule has 2 rings (SSSR count). The third-order valence-corrected chi connectivity index (χ3v) is 4.55. The van der Waals surface area contributed by atoms with Crippen molar-refractivity contribution in [2.45, 2.75) is 33.2 Å². The molecule has 0 radical (unpaired) electrons. The van der Waals surface area contributed by atoms with Gasteiger partial charge in [-0.2, -0.15) is 5.10 Å². The topological polar surface area (TPSA) is 54.7 Å². The average Bonchev–Trinajstić information content (AvgIpc) is 2.98. The first kappa shape index (κ1) is 20.7. The average molecular weight is 375 g/mol. The van der Waals surface area contributed by atoms with Crippen molar-refractivity contribution in [1.29, 1.82) is 0 Å². The predicted octanol–water partition coefficient (Wildman–Crippen LogP) is 2.77. The van der Waals surface area contributed by atoms with Crippen LogP contribution in [0, 0.1) is 5.82 Å². The summed E-state index contributed by atoms with van der Waals surface area (Å²) in [6.07, 6.45) is 1.83. The number of hydrogen-bond acceptors (Lipinski definition) is 3. The Hall–Kier alpha value is -2.57. The van der Waals surface area contributed by atoms with E-state index in [2.05, 4.69) is 29.3 Å². The number of nitrogens with one attached hydrogen (secondary N) is 1. The van der Waals surface area contributed by atoms with E-state index in [9.17, 15) is 4.39 Å². The summed E-state index contributed by atoms with van der Waals surface area (Å²) >= 11 is 0. The number of hydrogen-bond donors (Lipinski definition) is 1. The molecule has 0 spiro atoms. The first-order chi connectivity index (χ1) is 13.0. The summed E-state index contributed by atoms with van der Waals surface area (Å²) in [5.41, 5.74) is 3.59. The van der Waals surface area contributed by atoms with Crippen LogP contribution >= 0.6 is 0 Å². The van der Waals surface area contributed by atoms with Crippen molar-refractivity contribution in [2.24, 2.45) is 12.0 Å². The number of aryl methyl sites for hydroxylation is 2. The lowest BCUT2D eigenvalue weighted by Gasteiger charge is -2.22. The Morgan fingerprint density at radius 1 is 1.30 bits per heavy atom. The minimum Gasteiger partial charge on any atom is -0.489 e. The van der Waals surface area contributed by atoms with Gasteiger partial charge in [0, 0.05) is 38.9 Å². The monoisotopic (exact) mass is 375 g/mol. The van der Waals surface area contributed by atoms with E-state index in [1.54, 1.807) is 25.2 Å². The Kier molecular flexibility index (Phi) is 7.64. The van der Waals surface area contributed by atoms with Crippen LogP contribution in [0.1, 0.15) is 30.8 Å². The molecule has 0 aliphatic heterocycles. The number of rotatable bonds is 8. The third kappa shape index (κ3) is 5.21. The van der Waals surface area contributed by atoms with Gasteiger partial charge < -0.3 is 15.0 Å². The fraction of sp³-hybridized carbons (Fsp3) is 0.500. The normalized spacial score (nSPS) is 11.6. The smallest absolute Gasteiger partial charge is 0.193 e. The fourth-order valence-electron chi connectivity index (χ4n) is 3.11. The summed E-state index contributed by atoms with van der Waals surface area (Å²) in [4.78, 5) is 6.31. The van der Waals surface area contributed by atoms with E-state index in [-0.39, 0.29) is 11.6 Å². The molecule has 0 fully saturated rings. The molecule has 1 N–H and O–H groups in total. The number of ether oxygens (including phenoxy) is 1. The number of likely N-dealkylation sites (N-methyl/N-ethyl adjacent to an activating group) is 1. The highest BCUT2D eigenvalue weighted by molar-refractivity contribution is 5.79. The zero-order valence-electron chi connectivity index (χ0n) is 16.9. The van der Waals surface area contributed by atoms with Gasteiger partial charge in [-0.1, -0.05) is 26.0 Å². The number of benzene rings is 1. The maximum Gasteiger partial charge on any atom is 0.193 e. The number of aliphatic imine (C=N–C) groups is 1. The molecule has 27 heavy (non-hydrogen) atoms. The Morgan fingerprint density at radius 3 is 2.67 bits per heavy atom. The molecule has 1 aromatic heterocycles. The first-order valence-corrected chi connectivity index (χ1v) is 9.34. The molecule has 6 nitrogen and oxygen atoms in total. The van der Waals surface area contributed by atoms with Crippen molar-refractivity contribution in [1.82, 2.24) is 20.0 Å². The van der Waals surface area contributed by atoms with Crippen LogP contribution in [0.5, 0.6) is 5.75 Å². The third-order valence-electron chi connectivity index (χ3n) is 4.55. The van der Waals surface area contributed by atoms with E-state index in [0.717, 1.165) is 24.5 Å². The van der Waals surface area contributed by atoms with E-state index in [4.69, 9.17) is 4.74 Å². The summed E-state index contributed by atoms with van der Waals surface area (Å²) < 4.78 is 21.1. The number of para-hydroxylation sites is 1. The molecule has 2 aromatic rings.